The van der Waals surface area contributed by atoms with Gasteiger partial charge in [-0.25, -0.2) is 0 Å². The summed E-state index contributed by atoms with van der Waals surface area (Å²) in [6.45, 7) is 4.00. The smallest absolute Gasteiger partial charge is 0.254 e. The topological polar surface area (TPSA) is 108 Å². The molecule has 4 amide bonds. The molecule has 2 fully saturated rings. The highest BCUT2D eigenvalue weighted by Crippen LogP contribution is 2.28. The zero-order valence-electron chi connectivity index (χ0n) is 24.5. The van der Waals surface area contributed by atoms with Gasteiger partial charge in [0.25, 0.3) is 5.91 Å². The molecule has 0 aliphatic carbocycles. The molecule has 5 rings (SSSR count). The fraction of sp³-hybridized carbons (Fsp3) is 0.500. The summed E-state index contributed by atoms with van der Waals surface area (Å²) in [5, 5.41) is 3.04. The molecular formula is C32H40N4O6. The number of carbonyl (C=O) groups is 4. The van der Waals surface area contributed by atoms with Crippen LogP contribution in [0.3, 0.4) is 0 Å². The van der Waals surface area contributed by atoms with E-state index in [1.165, 1.54) is 4.90 Å². The van der Waals surface area contributed by atoms with E-state index in [9.17, 15) is 19.2 Å². The predicted molar refractivity (Wildman–Crippen MR) is 156 cm³/mol. The molecule has 2 aromatic carbocycles. The second-order valence-corrected chi connectivity index (χ2v) is 11.5. The Kier molecular flexibility index (Phi) is 9.41. The molecule has 0 saturated carbocycles. The van der Waals surface area contributed by atoms with Crippen LogP contribution < -0.4 is 10.1 Å². The van der Waals surface area contributed by atoms with Gasteiger partial charge in [-0.05, 0) is 61.6 Å². The van der Waals surface area contributed by atoms with Gasteiger partial charge in [-0.3, -0.25) is 19.2 Å². The molecule has 2 aromatic rings. The van der Waals surface area contributed by atoms with Crippen molar-refractivity contribution >= 4 is 23.6 Å². The number of benzene rings is 2. The molecule has 0 spiro atoms. The number of amides is 4. The second-order valence-electron chi connectivity index (χ2n) is 11.5. The number of fused-ring (bicyclic) bond motifs is 5. The molecule has 1 N–H and O–H groups in total. The van der Waals surface area contributed by atoms with Crippen LogP contribution in [-0.4, -0.2) is 90.2 Å². The van der Waals surface area contributed by atoms with E-state index in [-0.39, 0.29) is 42.7 Å². The van der Waals surface area contributed by atoms with Gasteiger partial charge >= 0.3 is 0 Å². The third-order valence-corrected chi connectivity index (χ3v) is 8.27. The van der Waals surface area contributed by atoms with Crippen LogP contribution in [0.25, 0.3) is 0 Å². The van der Waals surface area contributed by atoms with Gasteiger partial charge in [0.15, 0.2) is 0 Å². The molecule has 0 aromatic heterocycles. The maximum absolute atomic E-state index is 13.2. The van der Waals surface area contributed by atoms with Crippen molar-refractivity contribution in [1.82, 2.24) is 20.0 Å². The Morgan fingerprint density at radius 3 is 2.76 bits per heavy atom. The number of likely N-dealkylation sites (N-methyl/N-ethyl adjacent to an activating group) is 1. The van der Waals surface area contributed by atoms with Crippen LogP contribution in [0.2, 0.25) is 0 Å². The Morgan fingerprint density at radius 1 is 1.05 bits per heavy atom. The van der Waals surface area contributed by atoms with Gasteiger partial charge in [0.1, 0.15) is 11.5 Å². The molecule has 3 heterocycles. The van der Waals surface area contributed by atoms with Crippen LogP contribution in [0, 0.1) is 6.92 Å². The van der Waals surface area contributed by atoms with Crippen molar-refractivity contribution in [2.24, 2.45) is 0 Å². The van der Waals surface area contributed by atoms with E-state index in [1.54, 1.807) is 29.0 Å². The molecule has 4 bridgehead atoms. The third kappa shape index (κ3) is 7.28. The van der Waals surface area contributed by atoms with Crippen LogP contribution in [0.1, 0.15) is 60.0 Å². The minimum Gasteiger partial charge on any atom is -0.457 e. The van der Waals surface area contributed by atoms with E-state index in [2.05, 4.69) is 5.32 Å². The monoisotopic (exact) mass is 576 g/mol. The quantitative estimate of drug-likeness (QED) is 0.601. The number of piperidine rings is 1. The van der Waals surface area contributed by atoms with Gasteiger partial charge in [-0.1, -0.05) is 24.6 Å². The molecule has 224 valence electrons. The zero-order chi connectivity index (χ0) is 29.6. The van der Waals surface area contributed by atoms with Crippen LogP contribution in [-0.2, 0) is 25.7 Å². The third-order valence-electron chi connectivity index (χ3n) is 8.27. The average molecular weight is 577 g/mol. The SMILES string of the molecule is Cc1ccc2cc1Oc1cccc(c1)CO[C@@H]1CCN(C(=O)CCN3CCCCCC3=O)C[C@@H]1NC(=O)CN(C)C2=O. The molecule has 3 aliphatic rings. The molecule has 42 heavy (non-hydrogen) atoms. The molecule has 10 heteroatoms. The number of hydrogen-bond donors (Lipinski definition) is 1. The lowest BCUT2D eigenvalue weighted by atomic mass is 10.0. The summed E-state index contributed by atoms with van der Waals surface area (Å²) >= 11 is 0. The lowest BCUT2D eigenvalue weighted by Crippen LogP contribution is -2.58. The molecule has 3 aliphatic heterocycles. The van der Waals surface area contributed by atoms with Gasteiger partial charge < -0.3 is 29.5 Å². The molecule has 2 saturated heterocycles. The van der Waals surface area contributed by atoms with E-state index in [1.807, 2.05) is 37.3 Å². The Hall–Kier alpha value is -3.92. The lowest BCUT2D eigenvalue weighted by Gasteiger charge is -2.39. The Bertz CT molecular complexity index is 1330. The fourth-order valence-corrected chi connectivity index (χ4v) is 5.79. The van der Waals surface area contributed by atoms with Crippen molar-refractivity contribution in [1.29, 1.82) is 0 Å². The van der Waals surface area contributed by atoms with E-state index in [0.29, 0.717) is 62.7 Å². The van der Waals surface area contributed by atoms with Crippen LogP contribution in [0.4, 0.5) is 0 Å². The van der Waals surface area contributed by atoms with E-state index in [0.717, 1.165) is 30.4 Å². The molecule has 0 unspecified atom stereocenters. The van der Waals surface area contributed by atoms with Gasteiger partial charge in [0, 0.05) is 51.6 Å². The van der Waals surface area contributed by atoms with Gasteiger partial charge in [-0.2, -0.15) is 0 Å². The van der Waals surface area contributed by atoms with Crippen molar-refractivity contribution in [3.05, 3.63) is 59.2 Å². The number of ether oxygens (including phenoxy) is 2. The average Bonchev–Trinajstić information content (AvgIpc) is 3.19. The first kappa shape index (κ1) is 29.6. The summed E-state index contributed by atoms with van der Waals surface area (Å²) in [4.78, 5) is 56.9. The van der Waals surface area contributed by atoms with E-state index >= 15 is 0 Å². The van der Waals surface area contributed by atoms with Crippen LogP contribution >= 0.6 is 0 Å². The second kappa shape index (κ2) is 13.4. The normalized spacial score (nSPS) is 22.1. The standard InChI is InChI=1S/C32H40N4O6/c1-22-10-11-24-18-28(22)42-25-8-6-7-23(17-25)21-41-27-12-15-36(19-26(27)33-29(37)20-34(2)32(24)40)31(39)13-16-35-14-5-3-4-9-30(35)38/h6-8,10-11,17-18,26-27H,3-5,9,12-16,19-21H2,1-2H3,(H,33,37)/t26-,27+/m0/s1. The summed E-state index contributed by atoms with van der Waals surface area (Å²) < 4.78 is 12.5. The van der Waals surface area contributed by atoms with Crippen molar-refractivity contribution in [2.45, 2.75) is 64.2 Å². The number of rotatable bonds is 3. The first-order valence-electron chi connectivity index (χ1n) is 14.9. The fourth-order valence-electron chi connectivity index (χ4n) is 5.79. The predicted octanol–water partition coefficient (Wildman–Crippen LogP) is 3.27. The van der Waals surface area contributed by atoms with Gasteiger partial charge in [-0.15, -0.1) is 0 Å². The van der Waals surface area contributed by atoms with Gasteiger partial charge in [0.05, 0.1) is 25.3 Å². The minimum atomic E-state index is -0.447. The number of aryl methyl sites for hydroxylation is 1. The Morgan fingerprint density at radius 2 is 1.90 bits per heavy atom. The van der Waals surface area contributed by atoms with Crippen molar-refractivity contribution in [3.8, 4) is 11.5 Å². The summed E-state index contributed by atoms with van der Waals surface area (Å²) in [5.41, 5.74) is 2.22. The Labute approximate surface area is 246 Å². The van der Waals surface area contributed by atoms with E-state index < -0.39 is 6.04 Å². The number of carbonyl (C=O) groups excluding carboxylic acids is 4. The van der Waals surface area contributed by atoms with Crippen LogP contribution in [0.15, 0.2) is 42.5 Å². The van der Waals surface area contributed by atoms with Crippen molar-refractivity contribution in [3.63, 3.8) is 0 Å². The number of nitrogens with zero attached hydrogens (tertiary/aromatic N) is 3. The summed E-state index contributed by atoms with van der Waals surface area (Å²) in [5.74, 6) is 0.656. The van der Waals surface area contributed by atoms with E-state index in [4.69, 9.17) is 9.47 Å². The summed E-state index contributed by atoms with van der Waals surface area (Å²) in [6.07, 6.45) is 3.93. The zero-order valence-corrected chi connectivity index (χ0v) is 24.5. The number of likely N-dealkylation sites (tertiary alicyclic amines) is 2. The van der Waals surface area contributed by atoms with Gasteiger partial charge in [0.2, 0.25) is 17.7 Å². The lowest BCUT2D eigenvalue weighted by molar-refractivity contribution is -0.138. The molecule has 10 nitrogen and oxygen atoms in total. The summed E-state index contributed by atoms with van der Waals surface area (Å²) in [7, 11) is 1.59. The van der Waals surface area contributed by atoms with Crippen molar-refractivity contribution in [2.75, 3.05) is 39.8 Å². The Balaban J connectivity index is 1.31. The molecular weight excluding hydrogens is 536 g/mol. The number of hydrogen-bond acceptors (Lipinski definition) is 6. The molecule has 2 atom stereocenters. The minimum absolute atomic E-state index is 0.0424. The van der Waals surface area contributed by atoms with Crippen molar-refractivity contribution < 1.29 is 28.7 Å². The highest BCUT2D eigenvalue weighted by atomic mass is 16.5. The molecule has 0 radical (unpaired) electrons. The maximum Gasteiger partial charge on any atom is 0.254 e. The largest absolute Gasteiger partial charge is 0.457 e. The highest BCUT2D eigenvalue weighted by Gasteiger charge is 2.34. The highest BCUT2D eigenvalue weighted by molar-refractivity contribution is 5.96. The van der Waals surface area contributed by atoms with Crippen LogP contribution in [0.5, 0.6) is 11.5 Å². The maximum atomic E-state index is 13.2. The first-order chi connectivity index (χ1) is 20.3. The first-order valence-corrected chi connectivity index (χ1v) is 14.9. The summed E-state index contributed by atoms with van der Waals surface area (Å²) in [6, 6.07) is 12.4. The number of nitrogens with one attached hydrogen (secondary N) is 1.